The van der Waals surface area contributed by atoms with Gasteiger partial charge in [-0.05, 0) is 42.0 Å². The molecule has 1 aliphatic heterocycles. The highest BCUT2D eigenvalue weighted by Gasteiger charge is 2.40. The summed E-state index contributed by atoms with van der Waals surface area (Å²) in [4.78, 5) is 22.5. The van der Waals surface area contributed by atoms with Crippen LogP contribution in [0.15, 0.2) is 48.6 Å². The summed E-state index contributed by atoms with van der Waals surface area (Å²) in [5.74, 6) is -0.780. The van der Waals surface area contributed by atoms with E-state index in [2.05, 4.69) is 17.5 Å². The molecule has 1 heterocycles. The van der Waals surface area contributed by atoms with Crippen molar-refractivity contribution in [2.45, 2.75) is 25.3 Å². The van der Waals surface area contributed by atoms with Crippen molar-refractivity contribution in [2.24, 2.45) is 5.92 Å². The first-order chi connectivity index (χ1) is 12.5. The van der Waals surface area contributed by atoms with Gasteiger partial charge in [-0.15, -0.1) is 0 Å². The van der Waals surface area contributed by atoms with Crippen LogP contribution in [0.1, 0.15) is 45.4 Å². The van der Waals surface area contributed by atoms with E-state index < -0.39 is 5.97 Å². The van der Waals surface area contributed by atoms with E-state index in [1.165, 1.54) is 0 Å². The lowest BCUT2D eigenvalue weighted by molar-refractivity contribution is -0.385. The van der Waals surface area contributed by atoms with Crippen molar-refractivity contribution in [1.82, 2.24) is 0 Å². The molecule has 2 N–H and O–H groups in total. The molecule has 0 unspecified atom stereocenters. The number of nitrogens with one attached hydrogen (secondary N) is 1. The van der Waals surface area contributed by atoms with E-state index in [9.17, 15) is 20.0 Å². The van der Waals surface area contributed by atoms with Crippen LogP contribution in [0.3, 0.4) is 0 Å². The van der Waals surface area contributed by atoms with Crippen LogP contribution in [0.4, 0.5) is 11.4 Å². The van der Waals surface area contributed by atoms with Gasteiger partial charge in [0.05, 0.1) is 16.5 Å². The highest BCUT2D eigenvalue weighted by atomic mass is 16.6. The zero-order valence-electron chi connectivity index (χ0n) is 14.2. The first kappa shape index (κ1) is 16.3. The lowest BCUT2D eigenvalue weighted by Gasteiger charge is -2.38. The summed E-state index contributed by atoms with van der Waals surface area (Å²) >= 11 is 0. The molecule has 0 saturated carbocycles. The Morgan fingerprint density at radius 1 is 1.27 bits per heavy atom. The summed E-state index contributed by atoms with van der Waals surface area (Å²) in [7, 11) is 0. The van der Waals surface area contributed by atoms with Crippen LogP contribution < -0.4 is 5.32 Å². The van der Waals surface area contributed by atoms with Gasteiger partial charge in [0.2, 0.25) is 0 Å². The number of carboxylic acids is 1. The van der Waals surface area contributed by atoms with E-state index in [1.54, 1.807) is 24.3 Å². The number of rotatable bonds is 3. The molecule has 0 bridgehead atoms. The molecule has 6 heteroatoms. The SMILES string of the molecule is Cc1cc([N+](=O)[O-])cc2c1N[C@H](c1ccccc1C(=O)O)[C@H]1CC=C[C@@H]21. The Bertz CT molecular complexity index is 951. The molecule has 2 aromatic rings. The number of hydrogen-bond donors (Lipinski definition) is 2. The highest BCUT2D eigenvalue weighted by Crippen LogP contribution is 2.51. The maximum absolute atomic E-state index is 11.7. The zero-order valence-corrected chi connectivity index (χ0v) is 14.2. The number of anilines is 1. The largest absolute Gasteiger partial charge is 0.478 e. The van der Waals surface area contributed by atoms with Crippen LogP contribution in [-0.2, 0) is 0 Å². The molecule has 2 aliphatic rings. The Kier molecular flexibility index (Phi) is 3.76. The van der Waals surface area contributed by atoms with E-state index in [-0.39, 0.29) is 28.5 Å². The van der Waals surface area contributed by atoms with Crippen molar-refractivity contribution in [3.8, 4) is 0 Å². The number of carbonyl (C=O) groups is 1. The molecular formula is C20H18N2O4. The number of hydrogen-bond acceptors (Lipinski definition) is 4. The van der Waals surface area contributed by atoms with E-state index in [4.69, 9.17) is 0 Å². The number of allylic oxidation sites excluding steroid dienone is 2. The molecule has 0 fully saturated rings. The molecule has 0 amide bonds. The molecule has 0 radical (unpaired) electrons. The van der Waals surface area contributed by atoms with Gasteiger partial charge in [0.15, 0.2) is 0 Å². The van der Waals surface area contributed by atoms with Crippen molar-refractivity contribution < 1.29 is 14.8 Å². The zero-order chi connectivity index (χ0) is 18.4. The number of aryl methyl sites for hydroxylation is 1. The van der Waals surface area contributed by atoms with Gasteiger partial charge in [0.1, 0.15) is 0 Å². The molecule has 0 aromatic heterocycles. The summed E-state index contributed by atoms with van der Waals surface area (Å²) in [5, 5.41) is 24.3. The Balaban J connectivity index is 1.86. The van der Waals surface area contributed by atoms with Crippen molar-refractivity contribution in [2.75, 3.05) is 5.32 Å². The first-order valence-corrected chi connectivity index (χ1v) is 8.51. The van der Waals surface area contributed by atoms with Gasteiger partial charge in [0, 0.05) is 23.7 Å². The quantitative estimate of drug-likeness (QED) is 0.485. The first-order valence-electron chi connectivity index (χ1n) is 8.51. The minimum Gasteiger partial charge on any atom is -0.478 e. The molecule has 0 saturated heterocycles. The Morgan fingerprint density at radius 2 is 2.04 bits per heavy atom. The van der Waals surface area contributed by atoms with Crippen LogP contribution in [0.5, 0.6) is 0 Å². The van der Waals surface area contributed by atoms with E-state index >= 15 is 0 Å². The average Bonchev–Trinajstić information content (AvgIpc) is 3.11. The fourth-order valence-corrected chi connectivity index (χ4v) is 4.24. The molecular weight excluding hydrogens is 332 g/mol. The summed E-state index contributed by atoms with van der Waals surface area (Å²) in [6, 6.07) is 10.1. The number of carboxylic acid groups (broad SMARTS) is 1. The standard InChI is InChI=1S/C20H18N2O4/c1-11-9-12(22(25)26)10-17-13-7-4-8-14(13)19(21-18(11)17)15-5-2-3-6-16(15)20(23)24/h2-7,9-10,13-14,19,21H,8H2,1H3,(H,23,24)/t13-,14+,19+/m1/s1. The summed E-state index contributed by atoms with van der Waals surface area (Å²) in [5.41, 5.74) is 3.71. The van der Waals surface area contributed by atoms with Crippen molar-refractivity contribution in [3.05, 3.63) is 80.9 Å². The van der Waals surface area contributed by atoms with Gasteiger partial charge in [-0.1, -0.05) is 30.4 Å². The number of benzene rings is 2. The molecule has 6 nitrogen and oxygen atoms in total. The van der Waals surface area contributed by atoms with Crippen LogP contribution in [0.2, 0.25) is 0 Å². The van der Waals surface area contributed by atoms with Crippen LogP contribution in [0.25, 0.3) is 0 Å². The maximum atomic E-state index is 11.7. The number of aromatic carboxylic acids is 1. The van der Waals surface area contributed by atoms with Gasteiger partial charge < -0.3 is 10.4 Å². The highest BCUT2D eigenvalue weighted by molar-refractivity contribution is 5.90. The average molecular weight is 350 g/mol. The Hall–Kier alpha value is -3.15. The maximum Gasteiger partial charge on any atom is 0.336 e. The summed E-state index contributed by atoms with van der Waals surface area (Å²) in [6.45, 7) is 1.85. The van der Waals surface area contributed by atoms with Gasteiger partial charge >= 0.3 is 5.97 Å². The number of nitrogens with zero attached hydrogens (tertiary/aromatic N) is 1. The Morgan fingerprint density at radius 3 is 2.77 bits per heavy atom. The molecule has 0 spiro atoms. The van der Waals surface area contributed by atoms with Crippen molar-refractivity contribution in [3.63, 3.8) is 0 Å². The van der Waals surface area contributed by atoms with Crippen LogP contribution >= 0.6 is 0 Å². The third kappa shape index (κ3) is 2.45. The lowest BCUT2D eigenvalue weighted by atomic mass is 9.75. The predicted molar refractivity (Wildman–Crippen MR) is 97.6 cm³/mol. The van der Waals surface area contributed by atoms with Crippen molar-refractivity contribution in [1.29, 1.82) is 0 Å². The number of nitro groups is 1. The van der Waals surface area contributed by atoms with Crippen LogP contribution in [0, 0.1) is 23.0 Å². The van der Waals surface area contributed by atoms with E-state index in [1.807, 2.05) is 19.1 Å². The summed E-state index contributed by atoms with van der Waals surface area (Å²) < 4.78 is 0. The molecule has 3 atom stereocenters. The smallest absolute Gasteiger partial charge is 0.336 e. The van der Waals surface area contributed by atoms with E-state index in [0.29, 0.717) is 5.56 Å². The number of nitro benzene ring substituents is 1. The van der Waals surface area contributed by atoms with Gasteiger partial charge in [-0.3, -0.25) is 10.1 Å². The monoisotopic (exact) mass is 350 g/mol. The predicted octanol–water partition coefficient (Wildman–Crippen LogP) is 4.43. The Labute approximate surface area is 150 Å². The van der Waals surface area contributed by atoms with E-state index in [0.717, 1.165) is 28.8 Å². The third-order valence-corrected chi connectivity index (χ3v) is 5.39. The minimum atomic E-state index is -0.948. The second kappa shape index (κ2) is 5.98. The third-order valence-electron chi connectivity index (χ3n) is 5.39. The number of non-ortho nitro benzene ring substituents is 1. The fraction of sp³-hybridized carbons (Fsp3) is 0.250. The molecule has 132 valence electrons. The van der Waals surface area contributed by atoms with Gasteiger partial charge in [0.25, 0.3) is 5.69 Å². The molecule has 1 aliphatic carbocycles. The molecule has 4 rings (SSSR count). The van der Waals surface area contributed by atoms with Crippen molar-refractivity contribution >= 4 is 17.3 Å². The van der Waals surface area contributed by atoms with Crippen LogP contribution in [-0.4, -0.2) is 16.0 Å². The molecule has 26 heavy (non-hydrogen) atoms. The second-order valence-corrected chi connectivity index (χ2v) is 6.85. The summed E-state index contributed by atoms with van der Waals surface area (Å²) in [6.07, 6.45) is 4.97. The topological polar surface area (TPSA) is 92.5 Å². The second-order valence-electron chi connectivity index (χ2n) is 6.85. The van der Waals surface area contributed by atoms with Gasteiger partial charge in [-0.2, -0.15) is 0 Å². The minimum absolute atomic E-state index is 0.0386. The molecule has 2 aromatic carbocycles. The number of fused-ring (bicyclic) bond motifs is 3. The lowest BCUT2D eigenvalue weighted by Crippen LogP contribution is -2.30. The fourth-order valence-electron chi connectivity index (χ4n) is 4.24. The van der Waals surface area contributed by atoms with Gasteiger partial charge in [-0.25, -0.2) is 4.79 Å². The normalized spacial score (nSPS) is 23.0.